The van der Waals surface area contributed by atoms with Crippen LogP contribution in [0, 0.1) is 6.92 Å². The molecule has 2 heterocycles. The summed E-state index contributed by atoms with van der Waals surface area (Å²) in [4.78, 5) is 27.0. The summed E-state index contributed by atoms with van der Waals surface area (Å²) in [5.41, 5.74) is 0.614. The highest BCUT2D eigenvalue weighted by atomic mass is 32.2. The number of hydrogen-bond donors (Lipinski definition) is 2. The molecule has 2 N–H and O–H groups in total. The maximum absolute atomic E-state index is 12.7. The fraction of sp³-hybridized carbons (Fsp3) is 0.400. The molecule has 3 amide bonds. The fourth-order valence-electron chi connectivity index (χ4n) is 3.15. The maximum atomic E-state index is 12.7. The number of piperazine rings is 1. The van der Waals surface area contributed by atoms with Crippen LogP contribution in [0.5, 0.6) is 5.75 Å². The van der Waals surface area contributed by atoms with Crippen LogP contribution in [0.25, 0.3) is 0 Å². The number of urea groups is 1. The molecular weight excluding hydrogens is 440 g/mol. The van der Waals surface area contributed by atoms with E-state index in [2.05, 4.69) is 10.6 Å². The van der Waals surface area contributed by atoms with Crippen molar-refractivity contribution in [1.82, 2.24) is 14.5 Å². The van der Waals surface area contributed by atoms with E-state index in [0.717, 1.165) is 4.88 Å². The third-order valence-corrected chi connectivity index (χ3v) is 8.24. The predicted molar refractivity (Wildman–Crippen MR) is 119 cm³/mol. The third kappa shape index (κ3) is 5.96. The van der Waals surface area contributed by atoms with Gasteiger partial charge >= 0.3 is 6.03 Å². The van der Waals surface area contributed by atoms with E-state index in [-0.39, 0.29) is 32.0 Å². The number of amides is 3. The molecule has 1 fully saturated rings. The third-order valence-electron chi connectivity index (χ3n) is 4.87. The number of thiophene rings is 1. The van der Waals surface area contributed by atoms with E-state index in [1.54, 1.807) is 48.4 Å². The Morgan fingerprint density at radius 1 is 1.06 bits per heavy atom. The fourth-order valence-corrected chi connectivity index (χ4v) is 6.01. The molecule has 1 saturated heterocycles. The smallest absolute Gasteiger partial charge is 0.319 e. The van der Waals surface area contributed by atoms with E-state index in [1.807, 2.05) is 6.92 Å². The number of ether oxygens (including phenoxy) is 1. The number of nitrogens with zero attached hydrogens (tertiary/aromatic N) is 2. The highest BCUT2D eigenvalue weighted by Gasteiger charge is 2.30. The number of methoxy groups -OCH3 is 1. The van der Waals surface area contributed by atoms with Crippen LogP contribution >= 0.6 is 11.3 Å². The van der Waals surface area contributed by atoms with Gasteiger partial charge in [-0.1, -0.05) is 0 Å². The first-order valence-corrected chi connectivity index (χ1v) is 12.1. The first kappa shape index (κ1) is 23.0. The molecule has 1 aromatic carbocycles. The lowest BCUT2D eigenvalue weighted by Gasteiger charge is -2.33. The summed E-state index contributed by atoms with van der Waals surface area (Å²) in [6, 6.07) is 9.91. The van der Waals surface area contributed by atoms with Crippen molar-refractivity contribution in [3.8, 4) is 5.75 Å². The lowest BCUT2D eigenvalue weighted by atomic mass is 10.3. The summed E-state index contributed by atoms with van der Waals surface area (Å²) in [6.07, 6.45) is 0.146. The number of carbonyl (C=O) groups excluding carboxylic acids is 2. The molecule has 168 valence electrons. The predicted octanol–water partition coefficient (Wildman–Crippen LogP) is 2.11. The Bertz CT molecular complexity index is 1010. The second kappa shape index (κ2) is 10.1. The number of hydrogen-bond acceptors (Lipinski definition) is 6. The molecule has 0 bridgehead atoms. The largest absolute Gasteiger partial charge is 0.497 e. The highest BCUT2D eigenvalue weighted by Crippen LogP contribution is 2.25. The number of rotatable bonds is 7. The minimum absolute atomic E-state index is 0.117. The van der Waals surface area contributed by atoms with Crippen LogP contribution in [-0.4, -0.2) is 69.4 Å². The number of carbonyl (C=O) groups is 2. The number of nitrogens with one attached hydrogen (secondary N) is 2. The number of benzene rings is 1. The van der Waals surface area contributed by atoms with Crippen LogP contribution in [0.2, 0.25) is 0 Å². The van der Waals surface area contributed by atoms with Crippen LogP contribution in [0.4, 0.5) is 10.5 Å². The van der Waals surface area contributed by atoms with E-state index in [0.29, 0.717) is 28.7 Å². The summed E-state index contributed by atoms with van der Waals surface area (Å²) < 4.78 is 32.2. The molecule has 1 aromatic heterocycles. The van der Waals surface area contributed by atoms with Gasteiger partial charge in [-0.2, -0.15) is 4.31 Å². The van der Waals surface area contributed by atoms with E-state index in [1.165, 1.54) is 15.6 Å². The standard InChI is InChI=1S/C20H26N4O5S2/c1-15-3-8-19(30-15)31(27,28)24-13-11-23(12-14-24)18(25)9-10-21-20(26)22-16-4-6-17(29-2)7-5-16/h3-8H,9-14H2,1-2H3,(H2,21,22,26). The highest BCUT2D eigenvalue weighted by molar-refractivity contribution is 7.91. The first-order chi connectivity index (χ1) is 14.8. The van der Waals surface area contributed by atoms with Gasteiger partial charge < -0.3 is 20.3 Å². The molecule has 0 aliphatic carbocycles. The average molecular weight is 467 g/mol. The molecule has 0 radical (unpaired) electrons. The van der Waals surface area contributed by atoms with Gasteiger partial charge in [0.1, 0.15) is 9.96 Å². The number of sulfonamides is 1. The minimum Gasteiger partial charge on any atom is -0.497 e. The second-order valence-electron chi connectivity index (χ2n) is 7.01. The molecule has 1 aliphatic heterocycles. The van der Waals surface area contributed by atoms with Gasteiger partial charge in [0.05, 0.1) is 7.11 Å². The normalized spacial score (nSPS) is 14.8. The summed E-state index contributed by atoms with van der Waals surface area (Å²) in [7, 11) is -1.95. The molecule has 2 aromatic rings. The second-order valence-corrected chi connectivity index (χ2v) is 10.5. The quantitative estimate of drug-likeness (QED) is 0.650. The number of anilines is 1. The van der Waals surface area contributed by atoms with Crippen LogP contribution < -0.4 is 15.4 Å². The number of aryl methyl sites for hydroxylation is 1. The molecular formula is C20H26N4O5S2. The Hall–Kier alpha value is -2.63. The van der Waals surface area contributed by atoms with Crippen molar-refractivity contribution < 1.29 is 22.7 Å². The maximum Gasteiger partial charge on any atom is 0.319 e. The van der Waals surface area contributed by atoms with Crippen molar-refractivity contribution in [2.75, 3.05) is 45.2 Å². The molecule has 0 atom stereocenters. The van der Waals surface area contributed by atoms with Crippen molar-refractivity contribution in [3.63, 3.8) is 0 Å². The average Bonchev–Trinajstić information content (AvgIpc) is 3.21. The van der Waals surface area contributed by atoms with Gasteiger partial charge in [-0.3, -0.25) is 4.79 Å². The molecule has 1 aliphatic rings. The Morgan fingerprint density at radius 3 is 2.32 bits per heavy atom. The Kier molecular flexibility index (Phi) is 7.52. The van der Waals surface area contributed by atoms with Crippen molar-refractivity contribution in [2.24, 2.45) is 0 Å². The molecule has 31 heavy (non-hydrogen) atoms. The Balaban J connectivity index is 1.40. The van der Waals surface area contributed by atoms with Crippen LogP contribution in [0.1, 0.15) is 11.3 Å². The Labute approximate surface area is 186 Å². The zero-order valence-electron chi connectivity index (χ0n) is 17.5. The van der Waals surface area contributed by atoms with Gasteiger partial charge in [0.15, 0.2) is 0 Å². The molecule has 0 spiro atoms. The molecule has 0 saturated carbocycles. The molecule has 9 nitrogen and oxygen atoms in total. The minimum atomic E-state index is -3.51. The topological polar surface area (TPSA) is 108 Å². The summed E-state index contributed by atoms with van der Waals surface area (Å²) in [5, 5.41) is 5.34. The lowest BCUT2D eigenvalue weighted by molar-refractivity contribution is -0.132. The molecule has 11 heteroatoms. The van der Waals surface area contributed by atoms with Crippen molar-refractivity contribution in [1.29, 1.82) is 0 Å². The van der Waals surface area contributed by atoms with Gasteiger partial charge in [-0.05, 0) is 43.3 Å². The Morgan fingerprint density at radius 2 is 1.74 bits per heavy atom. The van der Waals surface area contributed by atoms with Gasteiger partial charge in [0.2, 0.25) is 5.91 Å². The van der Waals surface area contributed by atoms with E-state index >= 15 is 0 Å². The summed E-state index contributed by atoms with van der Waals surface area (Å²) in [6.45, 7) is 3.24. The van der Waals surface area contributed by atoms with Crippen molar-refractivity contribution >= 4 is 39.0 Å². The van der Waals surface area contributed by atoms with Gasteiger partial charge in [-0.25, -0.2) is 13.2 Å². The van der Waals surface area contributed by atoms with Gasteiger partial charge in [0.25, 0.3) is 10.0 Å². The van der Waals surface area contributed by atoms with Crippen molar-refractivity contribution in [2.45, 2.75) is 17.6 Å². The van der Waals surface area contributed by atoms with Gasteiger partial charge in [-0.15, -0.1) is 11.3 Å². The van der Waals surface area contributed by atoms with Crippen LogP contribution in [-0.2, 0) is 14.8 Å². The van der Waals surface area contributed by atoms with E-state index in [9.17, 15) is 18.0 Å². The van der Waals surface area contributed by atoms with Crippen LogP contribution in [0.15, 0.2) is 40.6 Å². The zero-order chi connectivity index (χ0) is 22.4. The monoisotopic (exact) mass is 466 g/mol. The SMILES string of the molecule is COc1ccc(NC(=O)NCCC(=O)N2CCN(S(=O)(=O)c3ccc(C)s3)CC2)cc1. The molecule has 0 unspecified atom stereocenters. The molecule has 3 rings (SSSR count). The summed E-state index contributed by atoms with van der Waals surface area (Å²) in [5.74, 6) is 0.573. The first-order valence-electron chi connectivity index (χ1n) is 9.83. The lowest BCUT2D eigenvalue weighted by Crippen LogP contribution is -2.50. The van der Waals surface area contributed by atoms with Gasteiger partial charge in [0, 0.05) is 49.7 Å². The summed E-state index contributed by atoms with van der Waals surface area (Å²) >= 11 is 1.25. The zero-order valence-corrected chi connectivity index (χ0v) is 19.1. The van der Waals surface area contributed by atoms with Crippen LogP contribution in [0.3, 0.4) is 0 Å². The van der Waals surface area contributed by atoms with E-state index in [4.69, 9.17) is 4.74 Å². The van der Waals surface area contributed by atoms with E-state index < -0.39 is 16.1 Å². The van der Waals surface area contributed by atoms with Crippen molar-refractivity contribution in [3.05, 3.63) is 41.3 Å².